The van der Waals surface area contributed by atoms with E-state index in [1.165, 1.54) is 0 Å². The van der Waals surface area contributed by atoms with Gasteiger partial charge in [0.1, 0.15) is 11.6 Å². The Balaban J connectivity index is 2.31. The fourth-order valence-electron chi connectivity index (χ4n) is 2.65. The molecule has 0 amide bonds. The van der Waals surface area contributed by atoms with Crippen LogP contribution < -0.4 is 4.74 Å². The maximum absolute atomic E-state index is 6.11. The number of nitrogens with zero attached hydrogens (tertiary/aromatic N) is 2. The number of aryl methyl sites for hydroxylation is 2. The fraction of sp³-hybridized carbons (Fsp3) is 0.235. The molecule has 0 radical (unpaired) electrons. The minimum absolute atomic E-state index is 0.375. The summed E-state index contributed by atoms with van der Waals surface area (Å²) < 4.78 is 7.41. The van der Waals surface area contributed by atoms with Crippen molar-refractivity contribution in [1.29, 1.82) is 0 Å². The highest BCUT2D eigenvalue weighted by molar-refractivity contribution is 6.17. The first kappa shape index (κ1) is 14.0. The lowest BCUT2D eigenvalue weighted by molar-refractivity contribution is 0.414. The molecule has 0 aliphatic heterocycles. The number of hydrogen-bond acceptors (Lipinski definition) is 2. The maximum atomic E-state index is 6.11. The van der Waals surface area contributed by atoms with Gasteiger partial charge in [-0.15, -0.1) is 11.6 Å². The molecule has 0 fully saturated rings. The van der Waals surface area contributed by atoms with Crippen LogP contribution in [0.5, 0.6) is 5.75 Å². The fourth-order valence-corrected chi connectivity index (χ4v) is 2.83. The average molecular weight is 301 g/mol. The maximum Gasteiger partial charge on any atom is 0.129 e. The summed E-state index contributed by atoms with van der Waals surface area (Å²) in [6.07, 6.45) is 0. The Morgan fingerprint density at radius 3 is 2.62 bits per heavy atom. The van der Waals surface area contributed by atoms with E-state index in [1.54, 1.807) is 7.11 Å². The highest BCUT2D eigenvalue weighted by atomic mass is 35.5. The topological polar surface area (TPSA) is 27.1 Å². The molecule has 0 aliphatic carbocycles. The molecular formula is C17H17ClN2O. The highest BCUT2D eigenvalue weighted by Gasteiger charge is 2.14. The van der Waals surface area contributed by atoms with Gasteiger partial charge in [0.2, 0.25) is 0 Å². The van der Waals surface area contributed by atoms with E-state index in [0.717, 1.165) is 39.4 Å². The molecule has 0 N–H and O–H groups in total. The van der Waals surface area contributed by atoms with E-state index in [-0.39, 0.29) is 0 Å². The van der Waals surface area contributed by atoms with E-state index in [2.05, 4.69) is 30.5 Å². The number of ether oxygens (including phenoxy) is 1. The van der Waals surface area contributed by atoms with Gasteiger partial charge in [0.15, 0.2) is 0 Å². The number of imidazole rings is 1. The van der Waals surface area contributed by atoms with Gasteiger partial charge in [0.05, 0.1) is 29.7 Å². The van der Waals surface area contributed by atoms with E-state index in [0.29, 0.717) is 5.88 Å². The first-order valence-corrected chi connectivity index (χ1v) is 7.37. The van der Waals surface area contributed by atoms with Crippen molar-refractivity contribution in [3.8, 4) is 11.4 Å². The quantitative estimate of drug-likeness (QED) is 0.671. The molecule has 108 valence electrons. The first-order chi connectivity index (χ1) is 10.2. The predicted molar refractivity (Wildman–Crippen MR) is 86.7 cm³/mol. The molecule has 4 heteroatoms. The Labute approximate surface area is 129 Å². The van der Waals surface area contributed by atoms with Crippen molar-refractivity contribution in [2.45, 2.75) is 19.7 Å². The molecule has 3 aromatic rings. The van der Waals surface area contributed by atoms with E-state index in [4.69, 9.17) is 21.3 Å². The molecule has 0 saturated carbocycles. The van der Waals surface area contributed by atoms with Gasteiger partial charge in [-0.3, -0.25) is 4.57 Å². The van der Waals surface area contributed by atoms with Crippen LogP contribution in [0.4, 0.5) is 0 Å². The Morgan fingerprint density at radius 1 is 1.14 bits per heavy atom. The van der Waals surface area contributed by atoms with Crippen molar-refractivity contribution in [2.75, 3.05) is 7.11 Å². The van der Waals surface area contributed by atoms with Crippen LogP contribution in [-0.2, 0) is 5.88 Å². The number of rotatable bonds is 3. The summed E-state index contributed by atoms with van der Waals surface area (Å²) >= 11 is 6.11. The third-order valence-electron chi connectivity index (χ3n) is 3.72. The molecule has 0 aliphatic rings. The zero-order chi connectivity index (χ0) is 15.0. The molecule has 1 aromatic heterocycles. The van der Waals surface area contributed by atoms with Crippen LogP contribution in [0, 0.1) is 13.8 Å². The van der Waals surface area contributed by atoms with Crippen molar-refractivity contribution < 1.29 is 4.74 Å². The lowest BCUT2D eigenvalue weighted by Crippen LogP contribution is -2.01. The molecular weight excluding hydrogens is 284 g/mol. The second-order valence-corrected chi connectivity index (χ2v) is 5.36. The second-order valence-electron chi connectivity index (χ2n) is 5.09. The van der Waals surface area contributed by atoms with Crippen molar-refractivity contribution >= 4 is 22.6 Å². The van der Waals surface area contributed by atoms with E-state index in [1.807, 2.05) is 24.3 Å². The van der Waals surface area contributed by atoms with Crippen LogP contribution in [0.25, 0.3) is 16.7 Å². The monoisotopic (exact) mass is 300 g/mol. The van der Waals surface area contributed by atoms with Gasteiger partial charge in [-0.25, -0.2) is 4.98 Å². The highest BCUT2D eigenvalue weighted by Crippen LogP contribution is 2.28. The van der Waals surface area contributed by atoms with Crippen LogP contribution in [0.15, 0.2) is 36.4 Å². The minimum Gasteiger partial charge on any atom is -0.497 e. The first-order valence-electron chi connectivity index (χ1n) is 6.83. The minimum atomic E-state index is 0.375. The number of aromatic nitrogens is 2. The number of benzene rings is 2. The number of alkyl halides is 1. The zero-order valence-electron chi connectivity index (χ0n) is 12.4. The number of methoxy groups -OCH3 is 1. The molecule has 1 heterocycles. The Hall–Kier alpha value is -2.00. The molecule has 2 aromatic carbocycles. The van der Waals surface area contributed by atoms with Crippen molar-refractivity contribution in [1.82, 2.24) is 9.55 Å². The molecule has 0 unspecified atom stereocenters. The lowest BCUT2D eigenvalue weighted by atomic mass is 10.1. The summed E-state index contributed by atoms with van der Waals surface area (Å²) in [5.74, 6) is 2.08. The summed E-state index contributed by atoms with van der Waals surface area (Å²) in [6, 6.07) is 12.2. The number of para-hydroxylation sites is 1. The zero-order valence-corrected chi connectivity index (χ0v) is 13.1. The number of hydrogen-bond donors (Lipinski definition) is 0. The molecule has 21 heavy (non-hydrogen) atoms. The van der Waals surface area contributed by atoms with Crippen LogP contribution in [0.2, 0.25) is 0 Å². The molecule has 0 atom stereocenters. The van der Waals surface area contributed by atoms with Gasteiger partial charge in [-0.2, -0.15) is 0 Å². The summed E-state index contributed by atoms with van der Waals surface area (Å²) in [6.45, 7) is 4.13. The standard InChI is InChI=1S/C17H17ClN2O/c1-11-5-4-6-15-17(11)19-16(10-18)20(15)14-8-7-13(21-3)9-12(14)2/h4-9H,10H2,1-3H3. The van der Waals surface area contributed by atoms with Gasteiger partial charge < -0.3 is 4.74 Å². The molecule has 0 saturated heterocycles. The third kappa shape index (κ3) is 2.28. The predicted octanol–water partition coefficient (Wildman–Crippen LogP) is 4.39. The normalized spacial score (nSPS) is 11.0. The smallest absolute Gasteiger partial charge is 0.129 e. The summed E-state index contributed by atoms with van der Waals surface area (Å²) in [5, 5.41) is 0. The van der Waals surface area contributed by atoms with E-state index < -0.39 is 0 Å². The lowest BCUT2D eigenvalue weighted by Gasteiger charge is -2.12. The van der Waals surface area contributed by atoms with Gasteiger partial charge >= 0.3 is 0 Å². The van der Waals surface area contributed by atoms with Crippen molar-refractivity contribution in [3.63, 3.8) is 0 Å². The van der Waals surface area contributed by atoms with E-state index in [9.17, 15) is 0 Å². The number of fused-ring (bicyclic) bond motifs is 1. The van der Waals surface area contributed by atoms with E-state index >= 15 is 0 Å². The summed E-state index contributed by atoms with van der Waals surface area (Å²) in [7, 11) is 1.68. The van der Waals surface area contributed by atoms with Gasteiger partial charge in [-0.05, 0) is 49.2 Å². The summed E-state index contributed by atoms with van der Waals surface area (Å²) in [4.78, 5) is 4.69. The third-order valence-corrected chi connectivity index (χ3v) is 3.96. The van der Waals surface area contributed by atoms with Gasteiger partial charge in [-0.1, -0.05) is 12.1 Å². The molecule has 0 spiro atoms. The van der Waals surface area contributed by atoms with Crippen LogP contribution in [0.1, 0.15) is 17.0 Å². The van der Waals surface area contributed by atoms with Crippen LogP contribution >= 0.6 is 11.6 Å². The Bertz CT molecular complexity index is 808. The molecule has 0 bridgehead atoms. The van der Waals surface area contributed by atoms with Gasteiger partial charge in [0, 0.05) is 0 Å². The van der Waals surface area contributed by atoms with Gasteiger partial charge in [0.25, 0.3) is 0 Å². The van der Waals surface area contributed by atoms with Crippen molar-refractivity contribution in [2.24, 2.45) is 0 Å². The average Bonchev–Trinajstić information content (AvgIpc) is 2.87. The Morgan fingerprint density at radius 2 is 1.95 bits per heavy atom. The largest absolute Gasteiger partial charge is 0.497 e. The molecule has 3 nitrogen and oxygen atoms in total. The second kappa shape index (κ2) is 5.41. The molecule has 3 rings (SSSR count). The Kier molecular flexibility index (Phi) is 3.60. The van der Waals surface area contributed by atoms with Crippen molar-refractivity contribution in [3.05, 3.63) is 53.3 Å². The number of halogens is 1. The summed E-state index contributed by atoms with van der Waals surface area (Å²) in [5.41, 5.74) is 5.45. The van der Waals surface area contributed by atoms with Crippen LogP contribution in [0.3, 0.4) is 0 Å². The SMILES string of the molecule is COc1ccc(-n2c(CCl)nc3c(C)cccc32)c(C)c1. The van der Waals surface area contributed by atoms with Crippen LogP contribution in [-0.4, -0.2) is 16.7 Å².